The maximum absolute atomic E-state index is 13.4. The number of hydrogen-bond acceptors (Lipinski definition) is 5. The van der Waals surface area contributed by atoms with Crippen LogP contribution in [0.4, 0.5) is 4.39 Å². The van der Waals surface area contributed by atoms with E-state index in [4.69, 9.17) is 4.74 Å². The maximum atomic E-state index is 13.4. The minimum Gasteiger partial charge on any atom is -0.492 e. The Kier molecular flexibility index (Phi) is 8.91. The SMILES string of the molecule is CC1C(=O)N/C(=C/c2ccc(F)cc2)C(=O)NC/C=C\c2ccccc2OCCN[C@@H](C2CC2)C(=O)N1C. The van der Waals surface area contributed by atoms with Gasteiger partial charge in [0.1, 0.15) is 29.9 Å². The highest BCUT2D eigenvalue weighted by Crippen LogP contribution is 2.33. The third-order valence-corrected chi connectivity index (χ3v) is 6.67. The highest BCUT2D eigenvalue weighted by molar-refractivity contribution is 6.02. The molecule has 0 spiro atoms. The van der Waals surface area contributed by atoms with E-state index in [1.807, 2.05) is 30.3 Å². The minimum atomic E-state index is -0.836. The molecule has 1 unspecified atom stereocenters. The first kappa shape index (κ1) is 27.1. The van der Waals surface area contributed by atoms with Crippen molar-refractivity contribution >= 4 is 29.9 Å². The van der Waals surface area contributed by atoms with Gasteiger partial charge in [-0.1, -0.05) is 42.5 Å². The Balaban J connectivity index is 1.62. The molecule has 1 heterocycles. The van der Waals surface area contributed by atoms with Crippen LogP contribution in [0.2, 0.25) is 0 Å². The van der Waals surface area contributed by atoms with Crippen LogP contribution in [0.1, 0.15) is 30.9 Å². The van der Waals surface area contributed by atoms with Crippen LogP contribution in [0.5, 0.6) is 5.75 Å². The fraction of sp³-hybridized carbons (Fsp3) is 0.345. The molecule has 4 rings (SSSR count). The van der Waals surface area contributed by atoms with Crippen molar-refractivity contribution in [3.8, 4) is 5.75 Å². The lowest BCUT2D eigenvalue weighted by atomic mass is 10.1. The van der Waals surface area contributed by atoms with Crippen molar-refractivity contribution in [1.29, 1.82) is 0 Å². The van der Waals surface area contributed by atoms with Crippen LogP contribution in [0.15, 0.2) is 60.3 Å². The van der Waals surface area contributed by atoms with Crippen molar-refractivity contribution in [3.63, 3.8) is 0 Å². The fourth-order valence-corrected chi connectivity index (χ4v) is 4.15. The summed E-state index contributed by atoms with van der Waals surface area (Å²) in [5.74, 6) is -0.715. The number of para-hydroxylation sites is 1. The van der Waals surface area contributed by atoms with Gasteiger partial charge in [0.05, 0.1) is 6.04 Å². The van der Waals surface area contributed by atoms with Gasteiger partial charge in [-0.15, -0.1) is 0 Å². The highest BCUT2D eigenvalue weighted by Gasteiger charge is 2.39. The van der Waals surface area contributed by atoms with Gasteiger partial charge in [-0.3, -0.25) is 14.4 Å². The Hall–Kier alpha value is -3.98. The zero-order valence-electron chi connectivity index (χ0n) is 21.6. The quantitative estimate of drug-likeness (QED) is 0.529. The number of rotatable bonds is 2. The number of ether oxygens (including phenoxy) is 1. The molecule has 0 saturated heterocycles. The summed E-state index contributed by atoms with van der Waals surface area (Å²) >= 11 is 0. The van der Waals surface area contributed by atoms with Crippen LogP contribution < -0.4 is 20.7 Å². The van der Waals surface area contributed by atoms with E-state index in [-0.39, 0.29) is 24.1 Å². The number of nitrogens with one attached hydrogen (secondary N) is 3. The van der Waals surface area contributed by atoms with Crippen LogP contribution in [-0.2, 0) is 14.4 Å². The van der Waals surface area contributed by atoms with E-state index in [1.54, 1.807) is 20.0 Å². The van der Waals surface area contributed by atoms with Gasteiger partial charge in [0.25, 0.3) is 5.91 Å². The van der Waals surface area contributed by atoms with Crippen molar-refractivity contribution in [2.24, 2.45) is 5.92 Å². The Morgan fingerprint density at radius 2 is 1.79 bits per heavy atom. The van der Waals surface area contributed by atoms with Gasteiger partial charge in [-0.2, -0.15) is 0 Å². The fourth-order valence-electron chi connectivity index (χ4n) is 4.15. The summed E-state index contributed by atoms with van der Waals surface area (Å²) in [6, 6.07) is 11.9. The number of benzene rings is 2. The lowest BCUT2D eigenvalue weighted by Crippen LogP contribution is -2.54. The number of likely N-dealkylation sites (N-methyl/N-ethyl adjacent to an activating group) is 1. The summed E-state index contributed by atoms with van der Waals surface area (Å²) in [5.41, 5.74) is 1.38. The molecule has 9 heteroatoms. The first-order valence-corrected chi connectivity index (χ1v) is 12.8. The first-order chi connectivity index (χ1) is 18.3. The molecular formula is C29H33FN4O4. The molecule has 2 aliphatic rings. The lowest BCUT2D eigenvalue weighted by Gasteiger charge is -2.29. The van der Waals surface area contributed by atoms with Gasteiger partial charge >= 0.3 is 0 Å². The monoisotopic (exact) mass is 520 g/mol. The second-order valence-corrected chi connectivity index (χ2v) is 9.49. The molecule has 2 aromatic rings. The van der Waals surface area contributed by atoms with Gasteiger partial charge in [0.2, 0.25) is 11.8 Å². The molecule has 8 nitrogen and oxygen atoms in total. The average Bonchev–Trinajstić information content (AvgIpc) is 3.76. The van der Waals surface area contributed by atoms with Crippen LogP contribution >= 0.6 is 0 Å². The zero-order valence-corrected chi connectivity index (χ0v) is 21.6. The van der Waals surface area contributed by atoms with Gasteiger partial charge < -0.3 is 25.6 Å². The van der Waals surface area contributed by atoms with Crippen molar-refractivity contribution in [2.75, 3.05) is 26.7 Å². The first-order valence-electron chi connectivity index (χ1n) is 12.8. The topological polar surface area (TPSA) is 99.8 Å². The second-order valence-electron chi connectivity index (χ2n) is 9.49. The van der Waals surface area contributed by atoms with Gasteiger partial charge in [-0.25, -0.2) is 4.39 Å². The number of amides is 3. The van der Waals surface area contributed by atoms with Crippen molar-refractivity contribution in [3.05, 3.63) is 77.2 Å². The minimum absolute atomic E-state index is 0.00979. The van der Waals surface area contributed by atoms with Gasteiger partial charge in [-0.05, 0) is 55.5 Å². The molecule has 1 aliphatic carbocycles. The number of hydrogen-bond donors (Lipinski definition) is 3. The molecule has 1 saturated carbocycles. The van der Waals surface area contributed by atoms with Crippen LogP contribution in [0, 0.1) is 11.7 Å². The lowest BCUT2D eigenvalue weighted by molar-refractivity contribution is -0.140. The van der Waals surface area contributed by atoms with E-state index in [0.29, 0.717) is 24.5 Å². The van der Waals surface area contributed by atoms with E-state index in [1.165, 1.54) is 35.2 Å². The summed E-state index contributed by atoms with van der Waals surface area (Å²) < 4.78 is 19.4. The molecule has 1 aliphatic heterocycles. The average molecular weight is 521 g/mol. The van der Waals surface area contributed by atoms with Crippen LogP contribution in [0.3, 0.4) is 0 Å². The molecule has 0 radical (unpaired) electrons. The number of carbonyl (C=O) groups is 3. The van der Waals surface area contributed by atoms with Crippen molar-refractivity contribution < 1.29 is 23.5 Å². The number of halogens is 1. The molecular weight excluding hydrogens is 487 g/mol. The third-order valence-electron chi connectivity index (χ3n) is 6.67. The molecule has 0 aromatic heterocycles. The van der Waals surface area contributed by atoms with E-state index in [9.17, 15) is 18.8 Å². The van der Waals surface area contributed by atoms with Crippen molar-refractivity contribution in [2.45, 2.75) is 31.8 Å². The highest BCUT2D eigenvalue weighted by atomic mass is 19.1. The predicted octanol–water partition coefficient (Wildman–Crippen LogP) is 2.72. The van der Waals surface area contributed by atoms with Gasteiger partial charge in [0.15, 0.2) is 0 Å². The number of fused-ring (bicyclic) bond motifs is 1. The Bertz CT molecular complexity index is 1220. The van der Waals surface area contributed by atoms with E-state index in [2.05, 4.69) is 16.0 Å². The smallest absolute Gasteiger partial charge is 0.268 e. The summed E-state index contributed by atoms with van der Waals surface area (Å²) in [6.07, 6.45) is 6.99. The summed E-state index contributed by atoms with van der Waals surface area (Å²) in [5, 5.41) is 8.75. The molecule has 2 aromatic carbocycles. The molecule has 1 fully saturated rings. The van der Waals surface area contributed by atoms with Crippen LogP contribution in [-0.4, -0.2) is 61.4 Å². The Morgan fingerprint density at radius 3 is 2.53 bits per heavy atom. The van der Waals surface area contributed by atoms with Crippen LogP contribution in [0.25, 0.3) is 12.2 Å². The maximum Gasteiger partial charge on any atom is 0.268 e. The van der Waals surface area contributed by atoms with E-state index < -0.39 is 29.7 Å². The molecule has 38 heavy (non-hydrogen) atoms. The molecule has 200 valence electrons. The van der Waals surface area contributed by atoms with E-state index >= 15 is 0 Å². The molecule has 3 amide bonds. The van der Waals surface area contributed by atoms with Crippen molar-refractivity contribution in [1.82, 2.24) is 20.9 Å². The molecule has 2 atom stereocenters. The zero-order chi connectivity index (χ0) is 27.1. The Labute approximate surface area is 221 Å². The standard InChI is InChI=1S/C29H33FN4O4/c1-19-27(35)33-24(18-20-9-13-23(30)14-10-20)28(36)32-15-5-7-21-6-3-4-8-25(21)38-17-16-31-26(22-11-12-22)29(37)34(19)2/h3-10,13-14,18-19,22,26,31H,11-12,15-17H2,1-2H3,(H,32,36)(H,33,35)/b7-5-,24-18+/t19?,26-/m0/s1. The molecule has 3 N–H and O–H groups in total. The molecule has 0 bridgehead atoms. The summed E-state index contributed by atoms with van der Waals surface area (Å²) in [7, 11) is 1.59. The number of carbonyl (C=O) groups excluding carboxylic acids is 3. The normalized spacial score (nSPS) is 23.9. The number of nitrogens with zero attached hydrogens (tertiary/aromatic N) is 1. The largest absolute Gasteiger partial charge is 0.492 e. The van der Waals surface area contributed by atoms with Gasteiger partial charge in [0, 0.05) is 25.7 Å². The second kappa shape index (κ2) is 12.5. The predicted molar refractivity (Wildman–Crippen MR) is 143 cm³/mol. The summed E-state index contributed by atoms with van der Waals surface area (Å²) in [6.45, 7) is 2.66. The summed E-state index contributed by atoms with van der Waals surface area (Å²) in [4.78, 5) is 41.0. The van der Waals surface area contributed by atoms with E-state index in [0.717, 1.165) is 18.4 Å². The Morgan fingerprint density at radius 1 is 1.05 bits per heavy atom. The third kappa shape index (κ3) is 7.07.